The summed E-state index contributed by atoms with van der Waals surface area (Å²) in [6, 6.07) is 9.09. The van der Waals surface area contributed by atoms with Crippen LogP contribution >= 0.6 is 0 Å². The molecule has 0 aliphatic carbocycles. The third kappa shape index (κ3) is 4.21. The van der Waals surface area contributed by atoms with Gasteiger partial charge in [-0.1, -0.05) is 6.07 Å². The minimum absolute atomic E-state index is 0.112. The molecule has 0 saturated carbocycles. The van der Waals surface area contributed by atoms with Crippen LogP contribution in [-0.4, -0.2) is 68.5 Å². The van der Waals surface area contributed by atoms with Gasteiger partial charge < -0.3 is 11.1 Å². The molecule has 1 aliphatic rings. The van der Waals surface area contributed by atoms with Gasteiger partial charge in [-0.15, -0.1) is 10.2 Å². The van der Waals surface area contributed by atoms with Crippen LogP contribution in [0.4, 0.5) is 4.39 Å². The lowest BCUT2D eigenvalue weighted by Crippen LogP contribution is -2.35. The first-order valence-corrected chi connectivity index (χ1v) is 11.1. The lowest BCUT2D eigenvalue weighted by Gasteiger charge is -2.27. The van der Waals surface area contributed by atoms with Crippen LogP contribution in [0.25, 0.3) is 33.3 Å². The van der Waals surface area contributed by atoms with Gasteiger partial charge in [-0.3, -0.25) is 19.2 Å². The van der Waals surface area contributed by atoms with Crippen LogP contribution < -0.4 is 11.1 Å². The molecule has 1 aromatic carbocycles. The molecule has 0 saturated heterocycles. The molecule has 0 fully saturated rings. The standard InChI is InChI=1S/C24H23FN8O2/c1-27-24(35)22-17(9-16(11-28-22)23(26)34)20-10-15-8-14(2-3-19(15)30-31-20)18-12-29-33-7-6-32(5-4-25)13-21(18)33/h2-3,8-12H,4-7,13H2,1H3,(H2,26,34)(H,27,35). The molecule has 4 heterocycles. The molecule has 1 aliphatic heterocycles. The van der Waals surface area contributed by atoms with Gasteiger partial charge in [-0.2, -0.15) is 5.10 Å². The van der Waals surface area contributed by atoms with Crippen molar-refractivity contribution in [3.8, 4) is 22.4 Å². The number of carbonyl (C=O) groups is 2. The number of halogens is 1. The lowest BCUT2D eigenvalue weighted by molar-refractivity contribution is 0.0955. The van der Waals surface area contributed by atoms with Crippen molar-refractivity contribution in [1.82, 2.24) is 35.2 Å². The first-order valence-electron chi connectivity index (χ1n) is 11.1. The Hall–Kier alpha value is -4.25. The number of fused-ring (bicyclic) bond motifs is 2. The molecule has 0 spiro atoms. The van der Waals surface area contributed by atoms with Crippen LogP contribution in [0.3, 0.4) is 0 Å². The van der Waals surface area contributed by atoms with E-state index < -0.39 is 11.8 Å². The number of hydrogen-bond donors (Lipinski definition) is 2. The van der Waals surface area contributed by atoms with Crippen LogP contribution in [0, 0.1) is 0 Å². The molecular weight excluding hydrogens is 451 g/mol. The average Bonchev–Trinajstić information content (AvgIpc) is 3.30. The summed E-state index contributed by atoms with van der Waals surface area (Å²) in [7, 11) is 1.50. The molecule has 35 heavy (non-hydrogen) atoms. The van der Waals surface area contributed by atoms with Crippen LogP contribution in [-0.2, 0) is 13.1 Å². The average molecular weight is 475 g/mol. The van der Waals surface area contributed by atoms with E-state index in [0.29, 0.717) is 36.4 Å². The molecular formula is C24H23FN8O2. The Bertz CT molecular complexity index is 1450. The van der Waals surface area contributed by atoms with E-state index in [4.69, 9.17) is 5.73 Å². The van der Waals surface area contributed by atoms with E-state index in [2.05, 4.69) is 30.5 Å². The minimum atomic E-state index is -0.661. The number of nitrogens with two attached hydrogens (primary N) is 1. The predicted molar refractivity (Wildman–Crippen MR) is 127 cm³/mol. The van der Waals surface area contributed by atoms with E-state index in [9.17, 15) is 14.0 Å². The number of carbonyl (C=O) groups excluding carboxylic acids is 2. The van der Waals surface area contributed by atoms with E-state index in [1.807, 2.05) is 29.1 Å². The van der Waals surface area contributed by atoms with Crippen LogP contribution in [0.5, 0.6) is 0 Å². The molecule has 3 N–H and O–H groups in total. The van der Waals surface area contributed by atoms with Crippen molar-refractivity contribution in [3.05, 3.63) is 59.7 Å². The number of amides is 2. The summed E-state index contributed by atoms with van der Waals surface area (Å²) in [5.41, 5.74) is 10.0. The molecule has 10 nitrogen and oxygen atoms in total. The number of benzene rings is 1. The van der Waals surface area contributed by atoms with Gasteiger partial charge in [0, 0.05) is 49.4 Å². The SMILES string of the molecule is CNC(=O)c1ncc(C(N)=O)cc1-c1cc2cc(-c3cnn4c3CN(CCF)CC4)ccc2nn1. The minimum Gasteiger partial charge on any atom is -0.366 e. The molecule has 0 bridgehead atoms. The van der Waals surface area contributed by atoms with Crippen molar-refractivity contribution in [1.29, 1.82) is 0 Å². The highest BCUT2D eigenvalue weighted by Crippen LogP contribution is 2.31. The molecule has 0 radical (unpaired) electrons. The molecule has 2 amide bonds. The van der Waals surface area contributed by atoms with Gasteiger partial charge in [0.1, 0.15) is 12.4 Å². The maximum Gasteiger partial charge on any atom is 0.270 e. The number of alkyl halides is 1. The van der Waals surface area contributed by atoms with Crippen LogP contribution in [0.1, 0.15) is 26.5 Å². The second-order valence-corrected chi connectivity index (χ2v) is 8.26. The van der Waals surface area contributed by atoms with Gasteiger partial charge in [0.25, 0.3) is 5.91 Å². The lowest BCUT2D eigenvalue weighted by atomic mass is 10.0. The van der Waals surface area contributed by atoms with Crippen LogP contribution in [0.15, 0.2) is 42.7 Å². The van der Waals surface area contributed by atoms with Gasteiger partial charge >= 0.3 is 0 Å². The van der Waals surface area contributed by atoms with Crippen molar-refractivity contribution in [3.63, 3.8) is 0 Å². The van der Waals surface area contributed by atoms with Gasteiger partial charge in [0.15, 0.2) is 0 Å². The highest BCUT2D eigenvalue weighted by Gasteiger charge is 2.22. The fourth-order valence-corrected chi connectivity index (χ4v) is 4.29. The highest BCUT2D eigenvalue weighted by atomic mass is 19.1. The molecule has 5 rings (SSSR count). The summed E-state index contributed by atoms with van der Waals surface area (Å²) >= 11 is 0. The van der Waals surface area contributed by atoms with Crippen molar-refractivity contribution >= 4 is 22.7 Å². The second-order valence-electron chi connectivity index (χ2n) is 8.26. The monoisotopic (exact) mass is 474 g/mol. The maximum atomic E-state index is 12.9. The molecule has 11 heteroatoms. The summed E-state index contributed by atoms with van der Waals surface area (Å²) in [6.45, 7) is 2.11. The Morgan fingerprint density at radius 3 is 2.74 bits per heavy atom. The Labute approximate surface area is 200 Å². The Kier molecular flexibility index (Phi) is 5.91. The third-order valence-electron chi connectivity index (χ3n) is 6.14. The maximum absolute atomic E-state index is 12.9. The number of pyridine rings is 1. The number of primary amides is 1. The zero-order valence-electron chi connectivity index (χ0n) is 19.0. The Morgan fingerprint density at radius 1 is 1.11 bits per heavy atom. The zero-order chi connectivity index (χ0) is 24.5. The molecule has 4 aromatic rings. The predicted octanol–water partition coefficient (Wildman–Crippen LogP) is 1.80. The number of aromatic nitrogens is 5. The van der Waals surface area contributed by atoms with Crippen molar-refractivity contribution < 1.29 is 14.0 Å². The first kappa shape index (κ1) is 22.5. The summed E-state index contributed by atoms with van der Waals surface area (Å²) < 4.78 is 14.9. The van der Waals surface area contributed by atoms with Gasteiger partial charge in [-0.05, 0) is 29.8 Å². The van der Waals surface area contributed by atoms with Crippen LogP contribution in [0.2, 0.25) is 0 Å². The molecule has 0 atom stereocenters. The fraction of sp³-hybridized carbons (Fsp3) is 0.250. The van der Waals surface area contributed by atoms with Crippen molar-refractivity contribution in [2.45, 2.75) is 13.1 Å². The summed E-state index contributed by atoms with van der Waals surface area (Å²) in [4.78, 5) is 30.3. The number of hydrogen-bond acceptors (Lipinski definition) is 7. The van der Waals surface area contributed by atoms with Crippen molar-refractivity contribution in [2.24, 2.45) is 5.73 Å². The van der Waals surface area contributed by atoms with E-state index in [0.717, 1.165) is 28.8 Å². The number of nitrogens with one attached hydrogen (secondary N) is 1. The van der Waals surface area contributed by atoms with E-state index in [-0.39, 0.29) is 17.9 Å². The van der Waals surface area contributed by atoms with E-state index >= 15 is 0 Å². The smallest absolute Gasteiger partial charge is 0.270 e. The second kappa shape index (κ2) is 9.18. The number of rotatable bonds is 6. The topological polar surface area (TPSA) is 132 Å². The summed E-state index contributed by atoms with van der Waals surface area (Å²) in [6.07, 6.45) is 3.09. The molecule has 3 aromatic heterocycles. The van der Waals surface area contributed by atoms with Crippen molar-refractivity contribution in [2.75, 3.05) is 26.8 Å². The quantitative estimate of drug-likeness (QED) is 0.435. The number of nitrogens with zero attached hydrogens (tertiary/aromatic N) is 6. The largest absolute Gasteiger partial charge is 0.366 e. The van der Waals surface area contributed by atoms with Gasteiger partial charge in [0.05, 0.1) is 35.2 Å². The van der Waals surface area contributed by atoms with E-state index in [1.165, 1.54) is 19.3 Å². The normalized spacial score (nSPS) is 13.5. The van der Waals surface area contributed by atoms with E-state index in [1.54, 1.807) is 6.07 Å². The fourth-order valence-electron chi connectivity index (χ4n) is 4.29. The van der Waals surface area contributed by atoms with Gasteiger partial charge in [-0.25, -0.2) is 9.37 Å². The Balaban J connectivity index is 1.58. The summed E-state index contributed by atoms with van der Waals surface area (Å²) in [5.74, 6) is -1.08. The highest BCUT2D eigenvalue weighted by molar-refractivity contribution is 6.01. The van der Waals surface area contributed by atoms with Gasteiger partial charge in [0.2, 0.25) is 5.91 Å². The zero-order valence-corrected chi connectivity index (χ0v) is 19.0. The first-order chi connectivity index (χ1) is 17.0. The Morgan fingerprint density at radius 2 is 1.97 bits per heavy atom. The summed E-state index contributed by atoms with van der Waals surface area (Å²) in [5, 5.41) is 16.4. The molecule has 178 valence electrons. The third-order valence-corrected chi connectivity index (χ3v) is 6.14. The molecule has 0 unspecified atom stereocenters.